The number of hydrogen-bond donors (Lipinski definition) is 2. The van der Waals surface area contributed by atoms with Crippen LogP contribution in [-0.4, -0.2) is 54.8 Å². The summed E-state index contributed by atoms with van der Waals surface area (Å²) in [6.07, 6.45) is -2.34. The third-order valence-corrected chi connectivity index (χ3v) is 4.75. The van der Waals surface area contributed by atoms with Crippen LogP contribution >= 0.6 is 0 Å². The zero-order chi connectivity index (χ0) is 28.0. The van der Waals surface area contributed by atoms with E-state index in [2.05, 4.69) is 5.32 Å². The van der Waals surface area contributed by atoms with Crippen LogP contribution in [0.1, 0.15) is 34.1 Å². The minimum absolute atomic E-state index is 0.206. The van der Waals surface area contributed by atoms with Crippen LogP contribution in [0.3, 0.4) is 0 Å². The fraction of sp³-hybridized carbons (Fsp3) is 0.211. The van der Waals surface area contributed by atoms with Crippen molar-refractivity contribution in [1.29, 1.82) is 0 Å². The van der Waals surface area contributed by atoms with Crippen molar-refractivity contribution in [3.05, 3.63) is 88.0 Å². The minimum Gasteiger partial charge on any atom is -0.478 e. The first-order valence-electron chi connectivity index (χ1n) is 9.87. The fourth-order valence-corrected chi connectivity index (χ4v) is 2.99. The van der Waals surface area contributed by atoms with Crippen LogP contribution in [-0.2, 0) is 9.53 Å². The molecule has 0 aliphatic rings. The van der Waals surface area contributed by atoms with Crippen molar-refractivity contribution < 1.29 is 43.9 Å². The smallest absolute Gasteiger partial charge is 0.347 e. The van der Waals surface area contributed by atoms with Gasteiger partial charge in [0.1, 0.15) is 0 Å². The van der Waals surface area contributed by atoms with Gasteiger partial charge in [0.25, 0.3) is 28.7 Å². The summed E-state index contributed by atoms with van der Waals surface area (Å²) in [4.78, 5) is 77.1. The van der Waals surface area contributed by atoms with Gasteiger partial charge < -0.3 is 15.2 Å². The van der Waals surface area contributed by atoms with Crippen LogP contribution in [0.5, 0.6) is 0 Å². The second kappa shape index (κ2) is 11.3. The van der Waals surface area contributed by atoms with Crippen LogP contribution in [0.15, 0.2) is 36.4 Å². The van der Waals surface area contributed by atoms with Gasteiger partial charge in [-0.2, -0.15) is 0 Å². The number of carboxylic acid groups (broad SMARTS) is 1. The molecule has 2 atom stereocenters. The molecular weight excluding hydrogens is 506 g/mol. The third-order valence-electron chi connectivity index (χ3n) is 4.75. The number of ether oxygens (including phenoxy) is 1. The predicted molar refractivity (Wildman–Crippen MR) is 118 cm³/mol. The summed E-state index contributed by atoms with van der Waals surface area (Å²) in [5.74, 6) is -4.46. The van der Waals surface area contributed by atoms with Crippen LogP contribution in [0.4, 0.5) is 22.7 Å². The molecule has 0 aromatic heterocycles. The number of nitro groups is 4. The van der Waals surface area contributed by atoms with E-state index in [1.54, 1.807) is 0 Å². The van der Waals surface area contributed by atoms with Gasteiger partial charge in [-0.25, -0.2) is 9.59 Å². The normalized spacial score (nSPS) is 12.0. The number of amides is 1. The topological polar surface area (TPSA) is 265 Å². The number of benzene rings is 2. The lowest BCUT2D eigenvalue weighted by Gasteiger charge is -2.24. The van der Waals surface area contributed by atoms with E-state index in [0.717, 1.165) is 0 Å². The van der Waals surface area contributed by atoms with E-state index < -0.39 is 83.6 Å². The van der Waals surface area contributed by atoms with Gasteiger partial charge >= 0.3 is 11.9 Å². The van der Waals surface area contributed by atoms with Gasteiger partial charge in [0.15, 0.2) is 0 Å². The minimum atomic E-state index is -2.13. The second-order valence-electron chi connectivity index (χ2n) is 7.16. The number of hydrogen-bond acceptors (Lipinski definition) is 12. The van der Waals surface area contributed by atoms with E-state index in [0.29, 0.717) is 36.4 Å². The average Bonchev–Trinajstić information content (AvgIpc) is 2.84. The maximum absolute atomic E-state index is 12.6. The third kappa shape index (κ3) is 6.74. The Morgan fingerprint density at radius 2 is 1.16 bits per heavy atom. The Bertz CT molecular complexity index is 1260. The highest BCUT2D eigenvalue weighted by Gasteiger charge is 2.34. The molecule has 0 bridgehead atoms. The summed E-state index contributed by atoms with van der Waals surface area (Å²) >= 11 is 0. The molecule has 0 unspecified atom stereocenters. The van der Waals surface area contributed by atoms with E-state index in [9.17, 15) is 59.9 Å². The number of carbonyl (C=O) groups is 3. The highest BCUT2D eigenvalue weighted by molar-refractivity contribution is 5.97. The Morgan fingerprint density at radius 3 is 1.49 bits per heavy atom. The maximum atomic E-state index is 12.6. The SMILES string of the molecule is CC[C@H](NC(=O)c1cc([N+](=O)[O-])cc([N+](=O)[O-])c1)[C@H](OC(=O)c1cc([N+](=O)[O-])cc([N+](=O)[O-])c1)C(=O)O. The molecule has 1 amide bonds. The molecule has 0 aliphatic heterocycles. The van der Waals surface area contributed by atoms with Gasteiger partial charge in [0.05, 0.1) is 49.0 Å². The van der Waals surface area contributed by atoms with Gasteiger partial charge in [-0.15, -0.1) is 0 Å². The van der Waals surface area contributed by atoms with Crippen LogP contribution in [0.2, 0.25) is 0 Å². The fourth-order valence-electron chi connectivity index (χ4n) is 2.99. The molecule has 194 valence electrons. The van der Waals surface area contributed by atoms with Gasteiger partial charge in [-0.1, -0.05) is 6.92 Å². The molecule has 2 N–H and O–H groups in total. The first-order chi connectivity index (χ1) is 17.2. The van der Waals surface area contributed by atoms with E-state index >= 15 is 0 Å². The summed E-state index contributed by atoms with van der Waals surface area (Å²) in [6, 6.07) is 2.33. The van der Waals surface area contributed by atoms with Crippen molar-refractivity contribution in [2.75, 3.05) is 0 Å². The average molecular weight is 521 g/mol. The highest BCUT2D eigenvalue weighted by Crippen LogP contribution is 2.25. The van der Waals surface area contributed by atoms with Crippen LogP contribution < -0.4 is 5.32 Å². The summed E-state index contributed by atoms with van der Waals surface area (Å²) in [6.45, 7) is 1.36. The number of carbonyl (C=O) groups excluding carboxylic acids is 2. The largest absolute Gasteiger partial charge is 0.478 e. The number of carboxylic acids is 1. The summed E-state index contributed by atoms with van der Waals surface area (Å²) < 4.78 is 4.87. The van der Waals surface area contributed by atoms with Crippen molar-refractivity contribution in [2.45, 2.75) is 25.5 Å². The van der Waals surface area contributed by atoms with E-state index in [1.165, 1.54) is 6.92 Å². The predicted octanol–water partition coefficient (Wildman–Crippen LogP) is 2.14. The number of non-ortho nitro benzene ring substituents is 4. The lowest BCUT2D eigenvalue weighted by atomic mass is 10.1. The quantitative estimate of drug-likeness (QED) is 0.244. The zero-order valence-corrected chi connectivity index (χ0v) is 18.5. The molecule has 0 spiro atoms. The van der Waals surface area contributed by atoms with Gasteiger partial charge in [-0.05, 0) is 6.42 Å². The Labute approximate surface area is 204 Å². The Balaban J connectivity index is 2.37. The van der Waals surface area contributed by atoms with E-state index in [1.807, 2.05) is 0 Å². The van der Waals surface area contributed by atoms with Gasteiger partial charge in [0, 0.05) is 24.3 Å². The first kappa shape index (κ1) is 27.7. The molecule has 0 fully saturated rings. The van der Waals surface area contributed by atoms with Crippen LogP contribution in [0.25, 0.3) is 0 Å². The number of aliphatic carboxylic acids is 1. The van der Waals surface area contributed by atoms with Crippen molar-refractivity contribution >= 4 is 40.6 Å². The molecule has 0 saturated heterocycles. The highest BCUT2D eigenvalue weighted by atomic mass is 16.6. The molecule has 18 heteroatoms. The molecule has 0 radical (unpaired) electrons. The molecule has 0 aliphatic carbocycles. The zero-order valence-electron chi connectivity index (χ0n) is 18.5. The Hall–Kier alpha value is -5.55. The standard InChI is InChI=1S/C19H15N5O13/c1-2-15(20-17(25)9-3-11(21(29)30)7-12(4-9)22(31)32)16(18(26)27)37-19(28)10-5-13(23(33)34)8-14(6-10)24(35)36/h3-8,15-16H,2H2,1H3,(H,20,25)(H,26,27)/t15-,16-/m0/s1. The lowest BCUT2D eigenvalue weighted by molar-refractivity contribution is -0.394. The number of nitrogens with zero attached hydrogens (tertiary/aromatic N) is 4. The van der Waals surface area contributed by atoms with Gasteiger partial charge in [0.2, 0.25) is 6.10 Å². The summed E-state index contributed by atoms with van der Waals surface area (Å²) in [5.41, 5.74) is -4.56. The van der Waals surface area contributed by atoms with E-state index in [4.69, 9.17) is 4.74 Å². The van der Waals surface area contributed by atoms with Crippen molar-refractivity contribution in [3.8, 4) is 0 Å². The van der Waals surface area contributed by atoms with Crippen molar-refractivity contribution in [3.63, 3.8) is 0 Å². The van der Waals surface area contributed by atoms with Crippen LogP contribution in [0, 0.1) is 40.5 Å². The molecule has 0 heterocycles. The molecule has 2 rings (SSSR count). The number of nitro benzene ring substituents is 4. The molecule has 18 nitrogen and oxygen atoms in total. The summed E-state index contributed by atoms with van der Waals surface area (Å²) in [7, 11) is 0. The lowest BCUT2D eigenvalue weighted by Crippen LogP contribution is -2.48. The monoisotopic (exact) mass is 521 g/mol. The second-order valence-corrected chi connectivity index (χ2v) is 7.16. The number of rotatable bonds is 11. The molecular formula is C19H15N5O13. The van der Waals surface area contributed by atoms with Gasteiger partial charge in [-0.3, -0.25) is 45.3 Å². The Morgan fingerprint density at radius 1 is 0.784 bits per heavy atom. The number of esters is 1. The molecule has 37 heavy (non-hydrogen) atoms. The maximum Gasteiger partial charge on any atom is 0.347 e. The number of nitrogens with one attached hydrogen (secondary N) is 1. The van der Waals surface area contributed by atoms with Crippen molar-refractivity contribution in [2.24, 2.45) is 0 Å². The summed E-state index contributed by atoms with van der Waals surface area (Å²) in [5, 5.41) is 55.9. The van der Waals surface area contributed by atoms with Crippen molar-refractivity contribution in [1.82, 2.24) is 5.32 Å². The molecule has 2 aromatic rings. The first-order valence-corrected chi connectivity index (χ1v) is 9.87. The molecule has 0 saturated carbocycles. The Kier molecular flexibility index (Phi) is 8.42. The van der Waals surface area contributed by atoms with E-state index in [-0.39, 0.29) is 6.42 Å². The molecule has 2 aromatic carbocycles.